The molecule has 2 aromatic rings. The number of nitrogens with one attached hydrogen (secondary N) is 2. The molecule has 19 heavy (non-hydrogen) atoms. The number of nitrogen functional groups attached to an aromatic ring is 1. The molecule has 0 radical (unpaired) electrons. The number of hydrogen-bond donors (Lipinski definition) is 3. The highest BCUT2D eigenvalue weighted by molar-refractivity contribution is 5.57. The highest BCUT2D eigenvalue weighted by Crippen LogP contribution is 2.22. The van der Waals surface area contributed by atoms with E-state index in [2.05, 4.69) is 20.7 Å². The first-order valence-corrected chi connectivity index (χ1v) is 6.22. The normalized spacial score (nSPS) is 10.8. The van der Waals surface area contributed by atoms with Gasteiger partial charge in [0.15, 0.2) is 0 Å². The van der Waals surface area contributed by atoms with E-state index in [-0.39, 0.29) is 5.92 Å². The number of nitrogens with two attached hydrogens (primary N) is 1. The lowest BCUT2D eigenvalue weighted by Crippen LogP contribution is -2.15. The maximum atomic E-state index is 5.50. The molecule has 0 fully saturated rings. The van der Waals surface area contributed by atoms with Crippen LogP contribution in [0.15, 0.2) is 23.0 Å². The minimum atomic E-state index is 0.238. The van der Waals surface area contributed by atoms with Crippen molar-refractivity contribution in [3.05, 3.63) is 35.5 Å². The van der Waals surface area contributed by atoms with Gasteiger partial charge in [0.05, 0.1) is 12.5 Å². The predicted octanol–water partition coefficient (Wildman–Crippen LogP) is 2.40. The van der Waals surface area contributed by atoms with Crippen LogP contribution in [0.25, 0.3) is 0 Å². The summed E-state index contributed by atoms with van der Waals surface area (Å²) < 4.78 is 5.03. The molecule has 0 atom stereocenters. The summed E-state index contributed by atoms with van der Waals surface area (Å²) in [7, 11) is 0. The van der Waals surface area contributed by atoms with Gasteiger partial charge in [0.25, 0.3) is 0 Å². The van der Waals surface area contributed by atoms with Crippen molar-refractivity contribution < 1.29 is 4.42 Å². The third kappa shape index (κ3) is 3.03. The van der Waals surface area contributed by atoms with E-state index in [1.807, 2.05) is 26.8 Å². The Bertz CT molecular complexity index is 536. The maximum Gasteiger partial charge on any atom is 0.148 e. The lowest BCUT2D eigenvalue weighted by Gasteiger charge is -2.14. The number of rotatable bonds is 5. The fourth-order valence-corrected chi connectivity index (χ4v) is 1.68. The second kappa shape index (κ2) is 5.71. The summed E-state index contributed by atoms with van der Waals surface area (Å²) in [5, 5.41) is 3.28. The molecule has 2 heterocycles. The zero-order valence-corrected chi connectivity index (χ0v) is 11.4. The lowest BCUT2D eigenvalue weighted by molar-refractivity contribution is 0.564. The van der Waals surface area contributed by atoms with Gasteiger partial charge in [0, 0.05) is 23.6 Å². The van der Waals surface area contributed by atoms with E-state index in [0.29, 0.717) is 12.4 Å². The van der Waals surface area contributed by atoms with Gasteiger partial charge in [-0.25, -0.2) is 15.8 Å². The monoisotopic (exact) mass is 261 g/mol. The first-order valence-electron chi connectivity index (χ1n) is 6.22. The third-order valence-corrected chi connectivity index (χ3v) is 2.86. The Balaban J connectivity index is 2.24. The molecule has 0 spiro atoms. The SMILES string of the molecule is Cc1c(NN)nc(C(C)C)nc1NCc1ccoc1. The molecule has 0 saturated carbocycles. The van der Waals surface area contributed by atoms with Gasteiger partial charge in [0.2, 0.25) is 0 Å². The van der Waals surface area contributed by atoms with Crippen molar-refractivity contribution in [1.82, 2.24) is 9.97 Å². The average molecular weight is 261 g/mol. The van der Waals surface area contributed by atoms with E-state index < -0.39 is 0 Å². The van der Waals surface area contributed by atoms with Crippen LogP contribution in [0.2, 0.25) is 0 Å². The summed E-state index contributed by atoms with van der Waals surface area (Å²) in [6.07, 6.45) is 3.35. The van der Waals surface area contributed by atoms with Crippen LogP contribution in [-0.4, -0.2) is 9.97 Å². The molecule has 0 aromatic carbocycles. The highest BCUT2D eigenvalue weighted by Gasteiger charge is 2.12. The van der Waals surface area contributed by atoms with Crippen LogP contribution in [0.3, 0.4) is 0 Å². The minimum absolute atomic E-state index is 0.238. The van der Waals surface area contributed by atoms with Crippen LogP contribution in [0.1, 0.15) is 36.7 Å². The maximum absolute atomic E-state index is 5.50. The molecule has 0 amide bonds. The van der Waals surface area contributed by atoms with Gasteiger partial charge in [-0.05, 0) is 13.0 Å². The fourth-order valence-electron chi connectivity index (χ4n) is 1.68. The Kier molecular flexibility index (Phi) is 4.01. The molecular formula is C13H19N5O. The van der Waals surface area contributed by atoms with E-state index in [1.165, 1.54) is 0 Å². The van der Waals surface area contributed by atoms with Gasteiger partial charge in [-0.2, -0.15) is 0 Å². The van der Waals surface area contributed by atoms with Crippen molar-refractivity contribution in [2.45, 2.75) is 33.2 Å². The topological polar surface area (TPSA) is 89.0 Å². The van der Waals surface area contributed by atoms with Gasteiger partial charge in [0.1, 0.15) is 17.5 Å². The summed E-state index contributed by atoms with van der Waals surface area (Å²) >= 11 is 0. The van der Waals surface area contributed by atoms with E-state index in [4.69, 9.17) is 10.3 Å². The molecule has 2 aromatic heterocycles. The largest absolute Gasteiger partial charge is 0.472 e. The summed E-state index contributed by atoms with van der Waals surface area (Å²) in [5.74, 6) is 7.92. The van der Waals surface area contributed by atoms with E-state index in [9.17, 15) is 0 Å². The molecule has 0 aliphatic carbocycles. The van der Waals surface area contributed by atoms with Crippen LogP contribution in [-0.2, 0) is 6.54 Å². The molecule has 0 saturated heterocycles. The standard InChI is InChI=1S/C13H19N5O/c1-8(2)11-16-12(9(3)13(17-11)18-14)15-6-10-4-5-19-7-10/h4-5,7-8H,6,14H2,1-3H3,(H2,15,16,17,18). The molecule has 102 valence electrons. The number of furan rings is 1. The lowest BCUT2D eigenvalue weighted by atomic mass is 10.2. The fraction of sp³-hybridized carbons (Fsp3) is 0.385. The molecule has 2 rings (SSSR count). The van der Waals surface area contributed by atoms with Gasteiger partial charge < -0.3 is 15.2 Å². The first-order chi connectivity index (χ1) is 9.11. The van der Waals surface area contributed by atoms with Crippen LogP contribution < -0.4 is 16.6 Å². The second-order valence-corrected chi connectivity index (χ2v) is 4.69. The summed E-state index contributed by atoms with van der Waals surface area (Å²) in [4.78, 5) is 8.92. The zero-order valence-electron chi connectivity index (χ0n) is 11.4. The molecule has 0 aliphatic rings. The van der Waals surface area contributed by atoms with Gasteiger partial charge >= 0.3 is 0 Å². The van der Waals surface area contributed by atoms with Crippen molar-refractivity contribution >= 4 is 11.6 Å². The van der Waals surface area contributed by atoms with Crippen LogP contribution in [0.4, 0.5) is 11.6 Å². The smallest absolute Gasteiger partial charge is 0.148 e. The second-order valence-electron chi connectivity index (χ2n) is 4.69. The molecule has 0 unspecified atom stereocenters. The Morgan fingerprint density at radius 1 is 1.32 bits per heavy atom. The van der Waals surface area contributed by atoms with E-state index in [0.717, 1.165) is 22.8 Å². The van der Waals surface area contributed by atoms with Gasteiger partial charge in [-0.15, -0.1) is 0 Å². The predicted molar refractivity (Wildman–Crippen MR) is 74.7 cm³/mol. The van der Waals surface area contributed by atoms with Crippen LogP contribution in [0, 0.1) is 6.92 Å². The molecule has 6 heteroatoms. The molecular weight excluding hydrogens is 242 g/mol. The van der Waals surface area contributed by atoms with E-state index >= 15 is 0 Å². The minimum Gasteiger partial charge on any atom is -0.472 e. The van der Waals surface area contributed by atoms with Crippen molar-refractivity contribution in [1.29, 1.82) is 0 Å². The number of hydrogen-bond acceptors (Lipinski definition) is 6. The number of anilines is 2. The quantitative estimate of drug-likeness (QED) is 0.565. The number of hydrazine groups is 1. The average Bonchev–Trinajstić information content (AvgIpc) is 2.90. The number of aromatic nitrogens is 2. The van der Waals surface area contributed by atoms with Crippen LogP contribution in [0.5, 0.6) is 0 Å². The Hall–Kier alpha value is -2.08. The van der Waals surface area contributed by atoms with Crippen molar-refractivity contribution in [2.75, 3.05) is 10.7 Å². The third-order valence-electron chi connectivity index (χ3n) is 2.86. The van der Waals surface area contributed by atoms with Gasteiger partial charge in [-0.1, -0.05) is 13.8 Å². The Labute approximate surface area is 112 Å². The molecule has 0 aliphatic heterocycles. The van der Waals surface area contributed by atoms with Crippen molar-refractivity contribution in [3.8, 4) is 0 Å². The molecule has 6 nitrogen and oxygen atoms in total. The van der Waals surface area contributed by atoms with E-state index in [1.54, 1.807) is 12.5 Å². The Morgan fingerprint density at radius 2 is 2.05 bits per heavy atom. The van der Waals surface area contributed by atoms with Crippen molar-refractivity contribution in [2.24, 2.45) is 5.84 Å². The van der Waals surface area contributed by atoms with Crippen molar-refractivity contribution in [3.63, 3.8) is 0 Å². The summed E-state index contributed by atoms with van der Waals surface area (Å²) in [6, 6.07) is 1.91. The summed E-state index contributed by atoms with van der Waals surface area (Å²) in [5.41, 5.74) is 4.57. The molecule has 0 bridgehead atoms. The van der Waals surface area contributed by atoms with Crippen LogP contribution >= 0.6 is 0 Å². The number of nitrogens with zero attached hydrogens (tertiary/aromatic N) is 2. The first kappa shape index (κ1) is 13.4. The highest BCUT2D eigenvalue weighted by atomic mass is 16.3. The zero-order chi connectivity index (χ0) is 13.8. The molecule has 4 N–H and O–H groups in total. The summed E-state index contributed by atoms with van der Waals surface area (Å²) in [6.45, 7) is 6.67. The Morgan fingerprint density at radius 3 is 2.63 bits per heavy atom. The van der Waals surface area contributed by atoms with Gasteiger partial charge in [-0.3, -0.25) is 0 Å².